The van der Waals surface area contributed by atoms with Crippen LogP contribution in [0.1, 0.15) is 49.4 Å². The van der Waals surface area contributed by atoms with Crippen molar-refractivity contribution in [3.05, 3.63) is 30.1 Å². The first-order valence-electron chi connectivity index (χ1n) is 8.93. The number of ether oxygens (including phenoxy) is 1. The van der Waals surface area contributed by atoms with Crippen molar-refractivity contribution in [2.45, 2.75) is 51.1 Å². The summed E-state index contributed by atoms with van der Waals surface area (Å²) in [7, 11) is 1.60. The van der Waals surface area contributed by atoms with E-state index in [0.29, 0.717) is 35.0 Å². The Morgan fingerprint density at radius 2 is 2.12 bits per heavy atom. The molecule has 7 heteroatoms. The summed E-state index contributed by atoms with van der Waals surface area (Å²) >= 11 is 0. The zero-order valence-electron chi connectivity index (χ0n) is 14.6. The van der Waals surface area contributed by atoms with Crippen molar-refractivity contribution >= 4 is 5.91 Å². The van der Waals surface area contributed by atoms with E-state index in [1.807, 2.05) is 18.2 Å². The predicted octanol–water partition coefficient (Wildman–Crippen LogP) is 2.46. The Labute approximate surface area is 147 Å². The van der Waals surface area contributed by atoms with E-state index in [1.54, 1.807) is 7.11 Å². The number of methoxy groups -OCH3 is 1. The lowest BCUT2D eigenvalue weighted by atomic mass is 9.85. The maximum atomic E-state index is 13.3. The minimum Gasteiger partial charge on any atom is -0.494 e. The van der Waals surface area contributed by atoms with Crippen LogP contribution in [0.5, 0.6) is 5.75 Å². The van der Waals surface area contributed by atoms with Crippen LogP contribution < -0.4 is 4.74 Å². The van der Waals surface area contributed by atoms with E-state index < -0.39 is 0 Å². The minimum absolute atomic E-state index is 0.0962. The Hall–Kier alpha value is -2.44. The molecule has 3 atom stereocenters. The molecule has 7 nitrogen and oxygen atoms in total. The van der Waals surface area contributed by atoms with Gasteiger partial charge in [0.15, 0.2) is 0 Å². The van der Waals surface area contributed by atoms with Crippen molar-refractivity contribution < 1.29 is 9.53 Å². The normalized spacial score (nSPS) is 25.7. The van der Waals surface area contributed by atoms with Gasteiger partial charge in [-0.25, -0.2) is 0 Å². The van der Waals surface area contributed by atoms with Gasteiger partial charge < -0.3 is 9.64 Å². The lowest BCUT2D eigenvalue weighted by Crippen LogP contribution is -2.42. The molecule has 1 amide bonds. The second-order valence-electron chi connectivity index (χ2n) is 7.05. The largest absolute Gasteiger partial charge is 0.494 e. The van der Waals surface area contributed by atoms with Crippen molar-refractivity contribution in [3.63, 3.8) is 0 Å². The fraction of sp³-hybridized carbons (Fsp3) is 0.556. The van der Waals surface area contributed by atoms with Crippen molar-refractivity contribution in [2.75, 3.05) is 7.11 Å². The smallest absolute Gasteiger partial charge is 0.254 e. The first kappa shape index (κ1) is 16.1. The van der Waals surface area contributed by atoms with Gasteiger partial charge in [0.2, 0.25) is 0 Å². The molecule has 2 aliphatic rings. The van der Waals surface area contributed by atoms with Gasteiger partial charge >= 0.3 is 0 Å². The average molecular weight is 341 g/mol. The number of rotatable bonds is 3. The van der Waals surface area contributed by atoms with Gasteiger partial charge in [-0.15, -0.1) is 5.10 Å². The quantitative estimate of drug-likeness (QED) is 0.857. The van der Waals surface area contributed by atoms with E-state index in [9.17, 15) is 4.79 Å². The average Bonchev–Trinajstić information content (AvgIpc) is 3.27. The monoisotopic (exact) mass is 341 g/mol. The number of carbonyl (C=O) groups is 1. The fourth-order valence-corrected chi connectivity index (χ4v) is 4.48. The van der Waals surface area contributed by atoms with Crippen LogP contribution in [-0.2, 0) is 0 Å². The van der Waals surface area contributed by atoms with E-state index >= 15 is 0 Å². The Bertz CT molecular complexity index is 761. The third kappa shape index (κ3) is 2.77. The molecule has 0 N–H and O–H groups in total. The highest BCUT2D eigenvalue weighted by atomic mass is 16.5. The molecule has 4 rings (SSSR count). The molecule has 1 saturated carbocycles. The van der Waals surface area contributed by atoms with E-state index in [2.05, 4.69) is 27.3 Å². The molecule has 1 saturated heterocycles. The number of likely N-dealkylation sites (tertiary alicyclic amines) is 1. The van der Waals surface area contributed by atoms with Gasteiger partial charge in [-0.2, -0.15) is 4.68 Å². The Balaban J connectivity index is 1.67. The molecule has 0 bridgehead atoms. The molecule has 1 aliphatic carbocycles. The van der Waals surface area contributed by atoms with Crippen LogP contribution >= 0.6 is 0 Å². The predicted molar refractivity (Wildman–Crippen MR) is 91.7 cm³/mol. The topological polar surface area (TPSA) is 73.1 Å². The SMILES string of the molecule is COc1ccc(C(=O)N2C(C)CC3CCCCC32)cc1-n1cnnn1. The number of carbonyl (C=O) groups excluding carboxylic acids is 1. The number of nitrogens with zero attached hydrogens (tertiary/aromatic N) is 5. The summed E-state index contributed by atoms with van der Waals surface area (Å²) in [6.45, 7) is 2.17. The van der Waals surface area contributed by atoms with Crippen LogP contribution in [0.25, 0.3) is 5.69 Å². The number of hydrogen-bond acceptors (Lipinski definition) is 5. The standard InChI is InChI=1S/C18H23N5O2/c1-12-9-13-5-3-4-6-15(13)23(12)18(24)14-7-8-17(25-2)16(10-14)22-11-19-20-21-22/h7-8,10-13,15H,3-6,9H2,1-2H3. The Morgan fingerprint density at radius 1 is 1.28 bits per heavy atom. The summed E-state index contributed by atoms with van der Waals surface area (Å²) in [5.41, 5.74) is 1.33. The second kappa shape index (κ2) is 6.46. The molecule has 3 unspecified atom stereocenters. The summed E-state index contributed by atoms with van der Waals surface area (Å²) < 4.78 is 6.92. The molecule has 2 heterocycles. The van der Waals surface area contributed by atoms with Crippen molar-refractivity contribution in [2.24, 2.45) is 5.92 Å². The summed E-state index contributed by atoms with van der Waals surface area (Å²) in [6, 6.07) is 6.13. The van der Waals surface area contributed by atoms with E-state index in [4.69, 9.17) is 4.74 Å². The van der Waals surface area contributed by atoms with E-state index in [-0.39, 0.29) is 5.91 Å². The number of fused-ring (bicyclic) bond motifs is 1. The van der Waals surface area contributed by atoms with Gasteiger partial charge in [-0.1, -0.05) is 12.8 Å². The second-order valence-corrected chi connectivity index (χ2v) is 7.05. The first-order valence-corrected chi connectivity index (χ1v) is 8.93. The summed E-state index contributed by atoms with van der Waals surface area (Å²) in [4.78, 5) is 15.4. The third-order valence-electron chi connectivity index (χ3n) is 5.60. The summed E-state index contributed by atoms with van der Waals surface area (Å²) in [5, 5.41) is 11.3. The summed E-state index contributed by atoms with van der Waals surface area (Å²) in [6.07, 6.45) is 7.50. The Kier molecular flexibility index (Phi) is 4.15. The van der Waals surface area contributed by atoms with Crippen LogP contribution in [0.4, 0.5) is 0 Å². The molecule has 25 heavy (non-hydrogen) atoms. The van der Waals surface area contributed by atoms with Crippen LogP contribution in [0.2, 0.25) is 0 Å². The fourth-order valence-electron chi connectivity index (χ4n) is 4.48. The van der Waals surface area contributed by atoms with Gasteiger partial charge in [-0.05, 0) is 60.7 Å². The lowest BCUT2D eigenvalue weighted by Gasteiger charge is -2.33. The van der Waals surface area contributed by atoms with Crippen LogP contribution in [0, 0.1) is 5.92 Å². The summed E-state index contributed by atoms with van der Waals surface area (Å²) in [5.74, 6) is 1.39. The molecule has 1 aliphatic heterocycles. The highest BCUT2D eigenvalue weighted by Gasteiger charge is 2.42. The molecule has 132 valence electrons. The Morgan fingerprint density at radius 3 is 2.88 bits per heavy atom. The zero-order valence-corrected chi connectivity index (χ0v) is 14.6. The van der Waals surface area contributed by atoms with Gasteiger partial charge in [0.25, 0.3) is 5.91 Å². The van der Waals surface area contributed by atoms with E-state index in [1.165, 1.54) is 30.3 Å². The van der Waals surface area contributed by atoms with Crippen LogP contribution in [0.3, 0.4) is 0 Å². The highest BCUT2D eigenvalue weighted by Crippen LogP contribution is 2.40. The van der Waals surface area contributed by atoms with Crippen molar-refractivity contribution in [3.8, 4) is 11.4 Å². The number of tetrazole rings is 1. The molecule has 0 radical (unpaired) electrons. The van der Waals surface area contributed by atoms with Crippen molar-refractivity contribution in [1.29, 1.82) is 0 Å². The van der Waals surface area contributed by atoms with Crippen molar-refractivity contribution in [1.82, 2.24) is 25.1 Å². The van der Waals surface area contributed by atoms with Gasteiger partial charge in [0.05, 0.1) is 7.11 Å². The van der Waals surface area contributed by atoms with E-state index in [0.717, 1.165) is 12.8 Å². The lowest BCUT2D eigenvalue weighted by molar-refractivity contribution is 0.0633. The molecule has 0 spiro atoms. The van der Waals surface area contributed by atoms with Gasteiger partial charge in [-0.3, -0.25) is 4.79 Å². The molecular weight excluding hydrogens is 318 g/mol. The van der Waals surface area contributed by atoms with Gasteiger partial charge in [0.1, 0.15) is 17.8 Å². The molecule has 1 aromatic heterocycles. The number of amides is 1. The number of aromatic nitrogens is 4. The maximum Gasteiger partial charge on any atom is 0.254 e. The molecule has 2 aromatic rings. The van der Waals surface area contributed by atoms with Crippen LogP contribution in [-0.4, -0.2) is 50.2 Å². The third-order valence-corrected chi connectivity index (χ3v) is 5.60. The number of benzene rings is 1. The molecule has 2 fully saturated rings. The zero-order chi connectivity index (χ0) is 17.4. The molecular formula is C18H23N5O2. The van der Waals surface area contributed by atoms with Crippen LogP contribution in [0.15, 0.2) is 24.5 Å². The highest BCUT2D eigenvalue weighted by molar-refractivity contribution is 5.95. The number of hydrogen-bond donors (Lipinski definition) is 0. The first-order chi connectivity index (χ1) is 12.2. The van der Waals surface area contributed by atoms with Gasteiger partial charge in [0, 0.05) is 17.6 Å². The minimum atomic E-state index is 0.0962. The molecule has 1 aromatic carbocycles. The maximum absolute atomic E-state index is 13.3.